The molecule has 3 fully saturated rings. The summed E-state index contributed by atoms with van der Waals surface area (Å²) in [6.07, 6.45) is 3.95. The van der Waals surface area contributed by atoms with E-state index in [1.807, 2.05) is 0 Å². The minimum Gasteiger partial charge on any atom is -0.463 e. The molecule has 4 aliphatic carbocycles. The van der Waals surface area contributed by atoms with Crippen molar-refractivity contribution in [2.24, 2.45) is 36.1 Å². The van der Waals surface area contributed by atoms with Crippen LogP contribution >= 0.6 is 11.3 Å². The standard InChI is InChI=1S/C24H33F3NO2S/c1-13(29)30-15-7-9-22(2)14(11-15)5-6-16-17(22)8-10-23(3)18(16)12-19-20(23)31-21(28(19)4)24(25,26)27/h14-18H,5-12H2,1-4H3/q+1/t14-,15-,16+,17-,18-,22-,23-/m0/s1. The smallest absolute Gasteiger partial charge is 0.463 e. The van der Waals surface area contributed by atoms with E-state index in [0.29, 0.717) is 23.7 Å². The zero-order chi connectivity index (χ0) is 22.3. The molecule has 0 saturated heterocycles. The molecule has 0 N–H and O–H groups in total. The summed E-state index contributed by atoms with van der Waals surface area (Å²) in [6, 6.07) is 0. The van der Waals surface area contributed by atoms with Crippen molar-refractivity contribution < 1.29 is 27.3 Å². The second kappa shape index (κ2) is 6.94. The molecular formula is C24H33F3NO2S+. The Bertz CT molecular complexity index is 911. The number of halogens is 3. The van der Waals surface area contributed by atoms with Crippen LogP contribution in [0.2, 0.25) is 0 Å². The summed E-state index contributed by atoms with van der Waals surface area (Å²) in [5, 5.41) is -0.459. The second-order valence-corrected chi connectivity index (χ2v) is 12.1. The predicted molar refractivity (Wildman–Crippen MR) is 111 cm³/mol. The van der Waals surface area contributed by atoms with Crippen molar-refractivity contribution in [3.63, 3.8) is 0 Å². The lowest BCUT2D eigenvalue weighted by Crippen LogP contribution is -2.54. The number of thiazole rings is 1. The molecule has 1 aromatic heterocycles. The fraction of sp³-hybridized carbons (Fsp3) is 0.833. The molecule has 4 aliphatic rings. The van der Waals surface area contributed by atoms with E-state index in [9.17, 15) is 18.0 Å². The highest BCUT2D eigenvalue weighted by molar-refractivity contribution is 7.11. The molecule has 0 aliphatic heterocycles. The predicted octanol–water partition coefficient (Wildman–Crippen LogP) is 5.58. The number of ether oxygens (including phenoxy) is 1. The molecule has 0 spiro atoms. The second-order valence-electron chi connectivity index (χ2n) is 11.1. The molecule has 0 amide bonds. The fourth-order valence-corrected chi connectivity index (χ4v) is 9.55. The average molecular weight is 457 g/mol. The average Bonchev–Trinajstić information content (AvgIpc) is 3.16. The summed E-state index contributed by atoms with van der Waals surface area (Å²) >= 11 is 0.997. The highest BCUT2D eigenvalue weighted by Crippen LogP contribution is 2.66. The van der Waals surface area contributed by atoms with E-state index in [0.717, 1.165) is 73.3 Å². The van der Waals surface area contributed by atoms with E-state index in [2.05, 4.69) is 13.8 Å². The van der Waals surface area contributed by atoms with Gasteiger partial charge in [-0.25, -0.2) is 0 Å². The molecule has 172 valence electrons. The lowest BCUT2D eigenvalue weighted by atomic mass is 9.45. The number of esters is 1. The number of nitrogens with zero attached hydrogens (tertiary/aromatic N) is 1. The highest BCUT2D eigenvalue weighted by atomic mass is 32.1. The summed E-state index contributed by atoms with van der Waals surface area (Å²) in [7, 11) is 1.60. The third kappa shape index (κ3) is 3.12. The normalized spacial score (nSPS) is 41.7. The summed E-state index contributed by atoms with van der Waals surface area (Å²) in [4.78, 5) is 12.4. The molecule has 1 aromatic rings. The van der Waals surface area contributed by atoms with Crippen molar-refractivity contribution >= 4 is 17.3 Å². The lowest BCUT2D eigenvalue weighted by Gasteiger charge is -2.60. The van der Waals surface area contributed by atoms with Crippen LogP contribution < -0.4 is 4.57 Å². The Morgan fingerprint density at radius 1 is 1.13 bits per heavy atom. The van der Waals surface area contributed by atoms with Crippen molar-refractivity contribution in [1.82, 2.24) is 0 Å². The number of aromatic nitrogens is 1. The zero-order valence-corrected chi connectivity index (χ0v) is 19.7. The molecule has 0 aromatic carbocycles. The third-order valence-corrected chi connectivity index (χ3v) is 11.3. The molecule has 0 radical (unpaired) electrons. The molecule has 1 heterocycles. The zero-order valence-electron chi connectivity index (χ0n) is 18.8. The van der Waals surface area contributed by atoms with Crippen molar-refractivity contribution in [3.8, 4) is 0 Å². The first-order chi connectivity index (χ1) is 14.4. The number of fused-ring (bicyclic) bond motifs is 7. The SMILES string of the molecule is CC(=O)O[C@H]1CC[C@@]2(C)[C@@H](CC[C@@H]3[C@@H]2CC[C@]2(C)c4sc(C(F)(F)F)[n+](C)c4C[C@@H]32)C1. The van der Waals surface area contributed by atoms with Crippen LogP contribution in [-0.2, 0) is 34.6 Å². The van der Waals surface area contributed by atoms with Gasteiger partial charge in [-0.3, -0.25) is 4.79 Å². The molecule has 7 atom stereocenters. The van der Waals surface area contributed by atoms with Crippen LogP contribution in [0.1, 0.15) is 81.3 Å². The maximum atomic E-state index is 13.5. The molecular weight excluding hydrogens is 423 g/mol. The van der Waals surface area contributed by atoms with Gasteiger partial charge in [0.15, 0.2) is 5.69 Å². The van der Waals surface area contributed by atoms with Crippen molar-refractivity contribution in [2.75, 3.05) is 0 Å². The summed E-state index contributed by atoms with van der Waals surface area (Å²) in [6.45, 7) is 6.19. The quantitative estimate of drug-likeness (QED) is 0.408. The van der Waals surface area contributed by atoms with E-state index in [1.54, 1.807) is 7.05 Å². The molecule has 3 nitrogen and oxygen atoms in total. The van der Waals surface area contributed by atoms with E-state index >= 15 is 0 Å². The monoisotopic (exact) mass is 456 g/mol. The van der Waals surface area contributed by atoms with E-state index in [-0.39, 0.29) is 22.9 Å². The number of hydrogen-bond donors (Lipinski definition) is 0. The topological polar surface area (TPSA) is 30.2 Å². The van der Waals surface area contributed by atoms with Gasteiger partial charge in [-0.05, 0) is 74.0 Å². The van der Waals surface area contributed by atoms with Crippen molar-refractivity contribution in [2.45, 2.75) is 89.8 Å². The van der Waals surface area contributed by atoms with E-state index < -0.39 is 11.2 Å². The number of carbonyl (C=O) groups is 1. The van der Waals surface area contributed by atoms with Gasteiger partial charge in [0.2, 0.25) is 0 Å². The molecule has 0 bridgehead atoms. The summed E-state index contributed by atoms with van der Waals surface area (Å²) in [5.41, 5.74) is 1.06. The van der Waals surface area contributed by atoms with Gasteiger partial charge >= 0.3 is 17.2 Å². The number of rotatable bonds is 1. The Kier molecular flexibility index (Phi) is 4.87. The van der Waals surface area contributed by atoms with Gasteiger partial charge in [-0.1, -0.05) is 25.2 Å². The maximum Gasteiger partial charge on any atom is 0.488 e. The maximum absolute atomic E-state index is 13.5. The van der Waals surface area contributed by atoms with Gasteiger partial charge in [0, 0.05) is 18.8 Å². The highest BCUT2D eigenvalue weighted by Gasteiger charge is 2.62. The van der Waals surface area contributed by atoms with E-state index in [4.69, 9.17) is 4.74 Å². The van der Waals surface area contributed by atoms with Crippen LogP contribution in [0.3, 0.4) is 0 Å². The first-order valence-electron chi connectivity index (χ1n) is 11.7. The van der Waals surface area contributed by atoms with Gasteiger partial charge in [0.05, 0.1) is 4.88 Å². The Morgan fingerprint density at radius 3 is 2.55 bits per heavy atom. The first kappa shape index (κ1) is 21.7. The van der Waals surface area contributed by atoms with Crippen LogP contribution in [0, 0.1) is 29.1 Å². The summed E-state index contributed by atoms with van der Waals surface area (Å²) < 4.78 is 47.6. The van der Waals surface area contributed by atoms with Crippen LogP contribution in [0.4, 0.5) is 13.2 Å². The largest absolute Gasteiger partial charge is 0.488 e. The van der Waals surface area contributed by atoms with Gasteiger partial charge < -0.3 is 4.74 Å². The lowest BCUT2D eigenvalue weighted by molar-refractivity contribution is -0.692. The van der Waals surface area contributed by atoms with Crippen molar-refractivity contribution in [1.29, 1.82) is 0 Å². The molecule has 31 heavy (non-hydrogen) atoms. The Hall–Kier alpha value is -1.11. The summed E-state index contributed by atoms with van der Waals surface area (Å²) in [5.74, 6) is 2.06. The van der Waals surface area contributed by atoms with Crippen LogP contribution in [0.15, 0.2) is 0 Å². The van der Waals surface area contributed by atoms with Crippen LogP contribution in [0.25, 0.3) is 0 Å². The minimum absolute atomic E-state index is 0.0549. The first-order valence-corrected chi connectivity index (χ1v) is 12.5. The van der Waals surface area contributed by atoms with Crippen molar-refractivity contribution in [3.05, 3.63) is 15.6 Å². The Labute approximate surface area is 186 Å². The van der Waals surface area contributed by atoms with Gasteiger partial charge in [0.25, 0.3) is 0 Å². The minimum atomic E-state index is -4.28. The number of alkyl halides is 3. The number of carbonyl (C=O) groups excluding carboxylic acids is 1. The van der Waals surface area contributed by atoms with Gasteiger partial charge in [-0.15, -0.1) is 0 Å². The van der Waals surface area contributed by atoms with Gasteiger partial charge in [0.1, 0.15) is 13.2 Å². The molecule has 5 rings (SSSR count). The Morgan fingerprint density at radius 2 is 1.87 bits per heavy atom. The third-order valence-electron chi connectivity index (χ3n) is 9.68. The van der Waals surface area contributed by atoms with E-state index in [1.165, 1.54) is 11.5 Å². The molecule has 3 saturated carbocycles. The fourth-order valence-electron chi connectivity index (χ4n) is 8.17. The Balaban J connectivity index is 1.41. The van der Waals surface area contributed by atoms with Crippen LogP contribution in [-0.4, -0.2) is 12.1 Å². The number of hydrogen-bond acceptors (Lipinski definition) is 3. The van der Waals surface area contributed by atoms with Gasteiger partial charge in [-0.2, -0.15) is 17.7 Å². The van der Waals surface area contributed by atoms with Crippen LogP contribution in [0.5, 0.6) is 0 Å². The molecule has 0 unspecified atom stereocenters. The molecule has 7 heteroatoms.